The van der Waals surface area contributed by atoms with Crippen LogP contribution in [0.1, 0.15) is 15.9 Å². The molecule has 3 rings (SSSR count). The van der Waals surface area contributed by atoms with Crippen LogP contribution in [-0.2, 0) is 14.8 Å². The van der Waals surface area contributed by atoms with Crippen LogP contribution in [0.25, 0.3) is 0 Å². The van der Waals surface area contributed by atoms with Crippen molar-refractivity contribution in [2.75, 3.05) is 18.4 Å². The van der Waals surface area contributed by atoms with E-state index in [1.54, 1.807) is 49.4 Å². The second-order valence-corrected chi connectivity index (χ2v) is 10.2. The number of benzene rings is 3. The summed E-state index contributed by atoms with van der Waals surface area (Å²) < 4.78 is 39.7. The van der Waals surface area contributed by atoms with Crippen molar-refractivity contribution in [2.24, 2.45) is 0 Å². The highest BCUT2D eigenvalue weighted by atomic mass is 79.9. The van der Waals surface area contributed by atoms with E-state index >= 15 is 0 Å². The highest BCUT2D eigenvalue weighted by Crippen LogP contribution is 2.27. The highest BCUT2D eigenvalue weighted by molar-refractivity contribution is 9.10. The molecule has 0 fully saturated rings. The fourth-order valence-corrected chi connectivity index (χ4v) is 4.65. The molecule has 0 aliphatic carbocycles. The number of carbonyl (C=O) groups is 2. The Labute approximate surface area is 215 Å². The quantitative estimate of drug-likeness (QED) is 0.344. The van der Waals surface area contributed by atoms with Crippen molar-refractivity contribution in [1.82, 2.24) is 10.9 Å². The zero-order valence-electron chi connectivity index (χ0n) is 18.6. The number of halogens is 2. The maximum Gasteiger partial charge on any atom is 0.276 e. The van der Waals surface area contributed by atoms with Crippen LogP contribution in [0.4, 0.5) is 5.69 Å². The van der Waals surface area contributed by atoms with Crippen molar-refractivity contribution in [3.8, 4) is 11.5 Å². The van der Waals surface area contributed by atoms with Gasteiger partial charge < -0.3 is 9.47 Å². The Balaban J connectivity index is 1.67. The van der Waals surface area contributed by atoms with Crippen molar-refractivity contribution in [1.29, 1.82) is 0 Å². The Hall–Kier alpha value is -3.28. The number of ether oxygens (including phenoxy) is 2. The molecule has 9 nitrogen and oxygen atoms in total. The summed E-state index contributed by atoms with van der Waals surface area (Å²) in [7, 11) is -2.77. The summed E-state index contributed by atoms with van der Waals surface area (Å²) in [6.07, 6.45) is 0. The van der Waals surface area contributed by atoms with Crippen molar-refractivity contribution >= 4 is 55.1 Å². The summed E-state index contributed by atoms with van der Waals surface area (Å²) in [5.74, 6) is -0.837. The molecule has 0 spiro atoms. The first-order chi connectivity index (χ1) is 16.6. The Morgan fingerprint density at radius 3 is 2.31 bits per heavy atom. The number of methoxy groups -OCH3 is 1. The molecule has 3 N–H and O–H groups in total. The predicted molar refractivity (Wildman–Crippen MR) is 135 cm³/mol. The topological polar surface area (TPSA) is 123 Å². The minimum absolute atomic E-state index is 0.0169. The molecule has 0 aromatic heterocycles. The van der Waals surface area contributed by atoms with Crippen LogP contribution >= 0.6 is 27.5 Å². The van der Waals surface area contributed by atoms with Gasteiger partial charge in [-0.25, -0.2) is 8.42 Å². The molecule has 184 valence electrons. The molecule has 0 aliphatic heterocycles. The Bertz CT molecular complexity index is 1350. The van der Waals surface area contributed by atoms with E-state index < -0.39 is 21.8 Å². The van der Waals surface area contributed by atoms with Crippen molar-refractivity contribution in [3.05, 3.63) is 81.3 Å². The van der Waals surface area contributed by atoms with Gasteiger partial charge in [0.2, 0.25) is 0 Å². The van der Waals surface area contributed by atoms with E-state index in [-0.39, 0.29) is 22.8 Å². The first-order valence-electron chi connectivity index (χ1n) is 10.0. The maximum atomic E-state index is 12.9. The molecule has 3 aromatic carbocycles. The Morgan fingerprint density at radius 2 is 1.66 bits per heavy atom. The lowest BCUT2D eigenvalue weighted by Crippen LogP contribution is -2.43. The number of nitrogens with one attached hydrogen (secondary N) is 3. The molecule has 0 radical (unpaired) electrons. The third-order valence-electron chi connectivity index (χ3n) is 4.62. The van der Waals surface area contributed by atoms with E-state index in [0.717, 1.165) is 16.1 Å². The van der Waals surface area contributed by atoms with Crippen LogP contribution < -0.4 is 25.0 Å². The SMILES string of the molecule is COc1ccc(C(=O)NNC(=O)COc2ccc(Cl)cc2C)cc1S(=O)(=O)Nc1ccc(Br)cc1. The summed E-state index contributed by atoms with van der Waals surface area (Å²) in [6.45, 7) is 1.42. The number of anilines is 1. The minimum atomic E-state index is -4.09. The van der Waals surface area contributed by atoms with E-state index in [9.17, 15) is 18.0 Å². The second-order valence-electron chi connectivity index (χ2n) is 7.18. The molecule has 0 bridgehead atoms. The van der Waals surface area contributed by atoms with E-state index in [2.05, 4.69) is 31.5 Å². The molecular formula is C23H21BrClN3O6S. The lowest BCUT2D eigenvalue weighted by Gasteiger charge is -2.14. The molecule has 35 heavy (non-hydrogen) atoms. The standard InChI is InChI=1S/C23H21BrClN3O6S/c1-14-11-17(25)6-10-19(14)34-13-22(29)26-27-23(30)15-3-9-20(33-2)21(12-15)35(31,32)28-18-7-4-16(24)5-8-18/h3-12,28H,13H2,1-2H3,(H,26,29)(H,27,30). The van der Waals surface area contributed by atoms with Gasteiger partial charge in [0.05, 0.1) is 7.11 Å². The third kappa shape index (κ3) is 7.10. The molecular weight excluding hydrogens is 562 g/mol. The number of hydrogen-bond acceptors (Lipinski definition) is 6. The summed E-state index contributed by atoms with van der Waals surface area (Å²) in [4.78, 5) is 24.4. The number of rotatable bonds is 8. The van der Waals surface area contributed by atoms with E-state index in [1.165, 1.54) is 19.2 Å². The molecule has 0 saturated heterocycles. The van der Waals surface area contributed by atoms with Gasteiger partial charge in [0, 0.05) is 20.7 Å². The molecule has 0 atom stereocenters. The van der Waals surface area contributed by atoms with Crippen LogP contribution in [0, 0.1) is 6.92 Å². The van der Waals surface area contributed by atoms with Gasteiger partial charge in [0.15, 0.2) is 6.61 Å². The predicted octanol–water partition coefficient (Wildman–Crippen LogP) is 4.06. The zero-order chi connectivity index (χ0) is 25.6. The van der Waals surface area contributed by atoms with Crippen LogP contribution in [0.2, 0.25) is 5.02 Å². The minimum Gasteiger partial charge on any atom is -0.495 e. The molecule has 0 unspecified atom stereocenters. The zero-order valence-corrected chi connectivity index (χ0v) is 21.8. The fourth-order valence-electron chi connectivity index (χ4n) is 2.91. The van der Waals surface area contributed by atoms with Crippen LogP contribution in [0.5, 0.6) is 11.5 Å². The number of amides is 2. The monoisotopic (exact) mass is 581 g/mol. The lowest BCUT2D eigenvalue weighted by atomic mass is 10.2. The van der Waals surface area contributed by atoms with Crippen LogP contribution in [-0.4, -0.2) is 33.9 Å². The van der Waals surface area contributed by atoms with Gasteiger partial charge in [0.25, 0.3) is 21.8 Å². The number of carbonyl (C=O) groups excluding carboxylic acids is 2. The summed E-state index contributed by atoms with van der Waals surface area (Å²) in [5, 5.41) is 0.541. The lowest BCUT2D eigenvalue weighted by molar-refractivity contribution is -0.123. The molecule has 2 amide bonds. The van der Waals surface area contributed by atoms with Gasteiger partial charge in [0.1, 0.15) is 16.4 Å². The average molecular weight is 583 g/mol. The Kier molecular flexibility index (Phi) is 8.60. The number of aryl methyl sites for hydroxylation is 1. The molecule has 0 saturated carbocycles. The van der Waals surface area contributed by atoms with Crippen LogP contribution in [0.3, 0.4) is 0 Å². The molecule has 12 heteroatoms. The van der Waals surface area contributed by atoms with Gasteiger partial charge in [-0.2, -0.15) is 0 Å². The highest BCUT2D eigenvalue weighted by Gasteiger charge is 2.22. The van der Waals surface area contributed by atoms with Gasteiger partial charge in [-0.05, 0) is 73.2 Å². The summed E-state index contributed by atoms with van der Waals surface area (Å²) in [6, 6.07) is 15.3. The Morgan fingerprint density at radius 1 is 0.971 bits per heavy atom. The summed E-state index contributed by atoms with van der Waals surface area (Å²) >= 11 is 9.18. The van der Waals surface area contributed by atoms with E-state index in [1.807, 2.05) is 0 Å². The first kappa shape index (κ1) is 26.3. The number of hydrogen-bond donors (Lipinski definition) is 3. The van der Waals surface area contributed by atoms with Gasteiger partial charge in [-0.15, -0.1) is 0 Å². The smallest absolute Gasteiger partial charge is 0.276 e. The number of sulfonamides is 1. The largest absolute Gasteiger partial charge is 0.495 e. The van der Waals surface area contributed by atoms with E-state index in [4.69, 9.17) is 21.1 Å². The van der Waals surface area contributed by atoms with Gasteiger partial charge >= 0.3 is 0 Å². The van der Waals surface area contributed by atoms with Crippen molar-refractivity contribution in [3.63, 3.8) is 0 Å². The number of hydrazine groups is 1. The molecule has 0 heterocycles. The fraction of sp³-hybridized carbons (Fsp3) is 0.130. The second kappa shape index (κ2) is 11.4. The summed E-state index contributed by atoms with van der Waals surface area (Å²) in [5.41, 5.74) is 5.51. The van der Waals surface area contributed by atoms with Crippen molar-refractivity contribution < 1.29 is 27.5 Å². The first-order valence-corrected chi connectivity index (χ1v) is 12.7. The van der Waals surface area contributed by atoms with Gasteiger partial charge in [-0.3, -0.25) is 25.2 Å². The van der Waals surface area contributed by atoms with Crippen LogP contribution in [0.15, 0.2) is 70.0 Å². The van der Waals surface area contributed by atoms with Crippen molar-refractivity contribution in [2.45, 2.75) is 11.8 Å². The third-order valence-corrected chi connectivity index (χ3v) is 6.79. The average Bonchev–Trinajstić information content (AvgIpc) is 2.82. The molecule has 0 aliphatic rings. The molecule has 3 aromatic rings. The van der Waals surface area contributed by atoms with E-state index in [0.29, 0.717) is 16.5 Å². The maximum absolute atomic E-state index is 12.9. The van der Waals surface area contributed by atoms with Gasteiger partial charge in [-0.1, -0.05) is 27.5 Å². The normalized spacial score (nSPS) is 10.9.